The van der Waals surface area contributed by atoms with Crippen LogP contribution in [0.5, 0.6) is 0 Å². The van der Waals surface area contributed by atoms with E-state index in [-0.39, 0.29) is 11.3 Å². The molecule has 1 amide bonds. The van der Waals surface area contributed by atoms with Gasteiger partial charge < -0.3 is 10.6 Å². The van der Waals surface area contributed by atoms with Crippen molar-refractivity contribution in [3.05, 3.63) is 35.9 Å². The van der Waals surface area contributed by atoms with E-state index in [9.17, 15) is 4.79 Å². The van der Waals surface area contributed by atoms with E-state index in [1.54, 1.807) is 4.90 Å². The molecule has 0 heterocycles. The van der Waals surface area contributed by atoms with E-state index in [0.29, 0.717) is 19.5 Å². The zero-order chi connectivity index (χ0) is 14.3. The van der Waals surface area contributed by atoms with Crippen LogP contribution in [0.4, 0.5) is 0 Å². The highest BCUT2D eigenvalue weighted by Crippen LogP contribution is 2.26. The lowest BCUT2D eigenvalue weighted by molar-refractivity contribution is -0.131. The Morgan fingerprint density at radius 1 is 1.21 bits per heavy atom. The third-order valence-corrected chi connectivity index (χ3v) is 3.53. The summed E-state index contributed by atoms with van der Waals surface area (Å²) < 4.78 is 0. The number of amides is 1. The molecule has 0 bridgehead atoms. The molecule has 1 rings (SSSR count). The Labute approximate surface area is 116 Å². The highest BCUT2D eigenvalue weighted by Gasteiger charge is 2.19. The van der Waals surface area contributed by atoms with Crippen molar-refractivity contribution >= 4 is 5.91 Å². The van der Waals surface area contributed by atoms with Gasteiger partial charge in [-0.1, -0.05) is 44.2 Å². The molecule has 0 saturated heterocycles. The van der Waals surface area contributed by atoms with Gasteiger partial charge in [0.05, 0.1) is 0 Å². The van der Waals surface area contributed by atoms with Crippen molar-refractivity contribution in [2.75, 3.05) is 13.6 Å². The lowest BCUT2D eigenvalue weighted by Crippen LogP contribution is -2.28. The van der Waals surface area contributed by atoms with E-state index >= 15 is 0 Å². The number of nitrogens with zero attached hydrogens (tertiary/aromatic N) is 1. The van der Waals surface area contributed by atoms with Crippen molar-refractivity contribution in [3.8, 4) is 0 Å². The quantitative estimate of drug-likeness (QED) is 0.821. The molecule has 0 aromatic heterocycles. The molecule has 19 heavy (non-hydrogen) atoms. The largest absolute Gasteiger partial charge is 0.341 e. The second-order valence-electron chi connectivity index (χ2n) is 5.94. The molecule has 0 aliphatic carbocycles. The summed E-state index contributed by atoms with van der Waals surface area (Å²) in [5.41, 5.74) is 6.90. The molecule has 0 fully saturated rings. The third kappa shape index (κ3) is 5.88. The minimum absolute atomic E-state index is 0.151. The molecule has 0 aliphatic heterocycles. The van der Waals surface area contributed by atoms with Gasteiger partial charge >= 0.3 is 0 Å². The van der Waals surface area contributed by atoms with Crippen LogP contribution in [0.3, 0.4) is 0 Å². The Bertz CT molecular complexity index is 387. The van der Waals surface area contributed by atoms with Crippen LogP contribution in [0.15, 0.2) is 30.3 Å². The van der Waals surface area contributed by atoms with Gasteiger partial charge in [0.1, 0.15) is 0 Å². The predicted molar refractivity (Wildman–Crippen MR) is 79.6 cm³/mol. The Kier molecular flexibility index (Phi) is 6.03. The fourth-order valence-corrected chi connectivity index (χ4v) is 2.10. The molecule has 0 aliphatic rings. The maximum absolute atomic E-state index is 12.1. The highest BCUT2D eigenvalue weighted by molar-refractivity contribution is 5.75. The van der Waals surface area contributed by atoms with E-state index in [4.69, 9.17) is 5.73 Å². The van der Waals surface area contributed by atoms with Gasteiger partial charge in [-0.3, -0.25) is 4.79 Å². The van der Waals surface area contributed by atoms with Crippen LogP contribution < -0.4 is 5.73 Å². The second-order valence-corrected chi connectivity index (χ2v) is 5.94. The number of carbonyl (C=O) groups excluding carboxylic acids is 1. The van der Waals surface area contributed by atoms with E-state index in [0.717, 1.165) is 12.8 Å². The summed E-state index contributed by atoms with van der Waals surface area (Å²) in [4.78, 5) is 13.9. The normalized spacial score (nSPS) is 11.4. The van der Waals surface area contributed by atoms with Gasteiger partial charge in [0.15, 0.2) is 0 Å². The standard InChI is InChI=1S/C16H26N2O/c1-16(2,11-12-17)10-9-15(19)18(3)13-14-7-5-4-6-8-14/h4-8H,9-13,17H2,1-3H3. The van der Waals surface area contributed by atoms with Crippen LogP contribution in [0.1, 0.15) is 38.7 Å². The number of rotatable bonds is 7. The van der Waals surface area contributed by atoms with Crippen LogP contribution >= 0.6 is 0 Å². The first kappa shape index (κ1) is 15.7. The van der Waals surface area contributed by atoms with Crippen molar-refractivity contribution in [2.24, 2.45) is 11.1 Å². The van der Waals surface area contributed by atoms with Gasteiger partial charge in [-0.05, 0) is 30.4 Å². The first-order valence-electron chi connectivity index (χ1n) is 6.92. The number of nitrogens with two attached hydrogens (primary N) is 1. The van der Waals surface area contributed by atoms with Crippen LogP contribution in [0.25, 0.3) is 0 Å². The fraction of sp³-hybridized carbons (Fsp3) is 0.562. The molecular weight excluding hydrogens is 236 g/mol. The maximum atomic E-state index is 12.1. The number of hydrogen-bond donors (Lipinski definition) is 1. The van der Waals surface area contributed by atoms with Crippen molar-refractivity contribution in [1.29, 1.82) is 0 Å². The van der Waals surface area contributed by atoms with Crippen LogP contribution in [0, 0.1) is 5.41 Å². The number of benzene rings is 1. The van der Waals surface area contributed by atoms with Gasteiger partial charge in [-0.25, -0.2) is 0 Å². The van der Waals surface area contributed by atoms with Crippen molar-refractivity contribution < 1.29 is 4.79 Å². The molecule has 0 atom stereocenters. The molecule has 106 valence electrons. The molecule has 0 unspecified atom stereocenters. The Morgan fingerprint density at radius 2 is 1.84 bits per heavy atom. The summed E-state index contributed by atoms with van der Waals surface area (Å²) in [5, 5.41) is 0. The smallest absolute Gasteiger partial charge is 0.222 e. The minimum Gasteiger partial charge on any atom is -0.341 e. The summed E-state index contributed by atoms with van der Waals surface area (Å²) in [6.45, 7) is 5.70. The lowest BCUT2D eigenvalue weighted by atomic mass is 9.84. The Hall–Kier alpha value is -1.35. The number of hydrogen-bond acceptors (Lipinski definition) is 2. The fourth-order valence-electron chi connectivity index (χ4n) is 2.10. The zero-order valence-electron chi connectivity index (χ0n) is 12.4. The molecule has 0 radical (unpaired) electrons. The number of carbonyl (C=O) groups is 1. The minimum atomic E-state index is 0.151. The predicted octanol–water partition coefficient (Wildman–Crippen LogP) is 2.80. The van der Waals surface area contributed by atoms with Crippen molar-refractivity contribution in [1.82, 2.24) is 4.90 Å². The monoisotopic (exact) mass is 262 g/mol. The molecule has 1 aromatic rings. The van der Waals surface area contributed by atoms with Crippen LogP contribution in [0.2, 0.25) is 0 Å². The molecule has 0 saturated carbocycles. The molecule has 2 N–H and O–H groups in total. The first-order valence-corrected chi connectivity index (χ1v) is 6.92. The van der Waals surface area contributed by atoms with Crippen LogP contribution in [-0.2, 0) is 11.3 Å². The molecule has 3 nitrogen and oxygen atoms in total. The van der Waals surface area contributed by atoms with Crippen LogP contribution in [-0.4, -0.2) is 24.4 Å². The van der Waals surface area contributed by atoms with Gasteiger partial charge in [-0.15, -0.1) is 0 Å². The summed E-state index contributed by atoms with van der Waals surface area (Å²) in [6, 6.07) is 10.1. The lowest BCUT2D eigenvalue weighted by Gasteiger charge is -2.25. The Morgan fingerprint density at radius 3 is 2.42 bits per heavy atom. The summed E-state index contributed by atoms with van der Waals surface area (Å²) in [5.74, 6) is 0.203. The average Bonchev–Trinajstić information content (AvgIpc) is 2.37. The van der Waals surface area contributed by atoms with Crippen molar-refractivity contribution in [3.63, 3.8) is 0 Å². The zero-order valence-corrected chi connectivity index (χ0v) is 12.4. The van der Waals surface area contributed by atoms with Gasteiger partial charge in [0.25, 0.3) is 0 Å². The van der Waals surface area contributed by atoms with E-state index in [1.807, 2.05) is 37.4 Å². The van der Waals surface area contributed by atoms with Gasteiger partial charge in [-0.2, -0.15) is 0 Å². The molecular formula is C16H26N2O. The van der Waals surface area contributed by atoms with E-state index in [1.165, 1.54) is 5.56 Å². The second kappa shape index (κ2) is 7.29. The SMILES string of the molecule is CN(Cc1ccccc1)C(=O)CCC(C)(C)CCN. The first-order chi connectivity index (χ1) is 8.94. The third-order valence-electron chi connectivity index (χ3n) is 3.53. The summed E-state index contributed by atoms with van der Waals surface area (Å²) in [6.07, 6.45) is 2.45. The van der Waals surface area contributed by atoms with E-state index in [2.05, 4.69) is 13.8 Å². The van der Waals surface area contributed by atoms with Gasteiger partial charge in [0.2, 0.25) is 5.91 Å². The Balaban J connectivity index is 2.41. The maximum Gasteiger partial charge on any atom is 0.222 e. The average molecular weight is 262 g/mol. The summed E-state index contributed by atoms with van der Waals surface area (Å²) >= 11 is 0. The van der Waals surface area contributed by atoms with Crippen molar-refractivity contribution in [2.45, 2.75) is 39.7 Å². The molecule has 0 spiro atoms. The highest BCUT2D eigenvalue weighted by atomic mass is 16.2. The molecule has 1 aromatic carbocycles. The summed E-state index contributed by atoms with van der Waals surface area (Å²) in [7, 11) is 1.87. The van der Waals surface area contributed by atoms with E-state index < -0.39 is 0 Å². The molecule has 3 heteroatoms. The topological polar surface area (TPSA) is 46.3 Å². The van der Waals surface area contributed by atoms with Gasteiger partial charge in [0, 0.05) is 20.0 Å².